The average Bonchev–Trinajstić information content (AvgIpc) is 4.08. The van der Waals surface area contributed by atoms with Crippen molar-refractivity contribution in [2.24, 2.45) is 92.7 Å². The van der Waals surface area contributed by atoms with Crippen molar-refractivity contribution < 1.29 is 23.9 Å². The van der Waals surface area contributed by atoms with Gasteiger partial charge < -0.3 is 18.9 Å². The van der Waals surface area contributed by atoms with Crippen LogP contribution in [0.15, 0.2) is 41.5 Å². The van der Waals surface area contributed by atoms with Crippen molar-refractivity contribution in [2.45, 2.75) is 300 Å². The minimum absolute atomic E-state index is 0.0456. The van der Waals surface area contributed by atoms with E-state index >= 15 is 0 Å². The molecule has 0 spiro atoms. The van der Waals surface area contributed by atoms with Crippen molar-refractivity contribution in [1.82, 2.24) is 0 Å². The maximum absolute atomic E-state index is 11.7. The van der Waals surface area contributed by atoms with Crippen molar-refractivity contribution in [1.29, 1.82) is 0 Å². The normalized spacial score (nSPS) is 35.3. The number of nitro benzene ring substituents is 1. The zero-order valence-corrected chi connectivity index (χ0v) is 55.2. The van der Waals surface area contributed by atoms with E-state index in [9.17, 15) is 10.1 Å². The standard InChI is InChI=1S/C76H125NO6/c1-54(2)25-23-27-56(5)65-34-36-67-63-32-29-58-51-61(39-43-73(58,7)69(63)41-45-75(65,67)9)80-47-19-15-11-13-17-21-49-82-71-38-31-60(77(78)79)53-72(71)83-50-22-18-14-12-16-20-48-81-62-40-44-74(8)59(52-62)30-33-64-68-37-35-66(57(6)28-24-26-55(3)4)76(68,10)46-42-70(64)74/h29-31,38,53-57,61-70H,11-28,32-37,39-52H2,1-10H3/t56-,57-,61+,62+,63+,64+,65-,66-,67+,68+,69+,70+,73+,74+,75-,76-/m1/s1. The van der Waals surface area contributed by atoms with Crippen molar-refractivity contribution in [3.8, 4) is 11.5 Å². The Balaban J connectivity index is 0.594. The number of nitrogens with zero attached hydrogens (tertiary/aromatic N) is 1. The van der Waals surface area contributed by atoms with E-state index in [2.05, 4.69) is 81.4 Å². The third kappa shape index (κ3) is 15.4. The van der Waals surface area contributed by atoms with E-state index in [0.717, 1.165) is 136 Å². The number of hydrogen-bond donors (Lipinski definition) is 0. The van der Waals surface area contributed by atoms with Gasteiger partial charge in [0.05, 0.1) is 36.4 Å². The van der Waals surface area contributed by atoms with Crippen LogP contribution in [-0.4, -0.2) is 43.6 Å². The third-order valence-electron chi connectivity index (χ3n) is 26.0. The molecular formula is C76H125NO6. The van der Waals surface area contributed by atoms with Crippen LogP contribution in [0.25, 0.3) is 0 Å². The Labute approximate surface area is 509 Å². The summed E-state index contributed by atoms with van der Waals surface area (Å²) in [5.41, 5.74) is 5.43. The van der Waals surface area contributed by atoms with Crippen molar-refractivity contribution in [3.05, 3.63) is 51.6 Å². The summed E-state index contributed by atoms with van der Waals surface area (Å²) in [4.78, 5) is 11.3. The Bertz CT molecular complexity index is 2250. The van der Waals surface area contributed by atoms with Crippen molar-refractivity contribution in [2.75, 3.05) is 26.4 Å². The molecule has 8 aliphatic carbocycles. The monoisotopic (exact) mass is 1150 g/mol. The summed E-state index contributed by atoms with van der Waals surface area (Å²) in [7, 11) is 0. The topological polar surface area (TPSA) is 80.1 Å². The Hall–Kier alpha value is -2.38. The van der Waals surface area contributed by atoms with Crippen molar-refractivity contribution >= 4 is 5.69 Å². The number of non-ortho nitro benzene ring substituents is 1. The highest BCUT2D eigenvalue weighted by atomic mass is 16.6. The van der Waals surface area contributed by atoms with Gasteiger partial charge in [0.25, 0.3) is 5.69 Å². The van der Waals surface area contributed by atoms with Gasteiger partial charge in [-0.2, -0.15) is 0 Å². The number of fused-ring (bicyclic) bond motifs is 10. The molecule has 0 aliphatic heterocycles. The fourth-order valence-corrected chi connectivity index (χ4v) is 21.1. The van der Waals surface area contributed by atoms with Gasteiger partial charge in [0, 0.05) is 19.3 Å². The first-order valence-corrected chi connectivity index (χ1v) is 36.1. The van der Waals surface area contributed by atoms with E-state index in [4.69, 9.17) is 18.9 Å². The number of ether oxygens (including phenoxy) is 4. The van der Waals surface area contributed by atoms with E-state index in [1.54, 1.807) is 17.2 Å². The lowest BCUT2D eigenvalue weighted by Gasteiger charge is -2.58. The van der Waals surface area contributed by atoms with Crippen LogP contribution in [-0.2, 0) is 9.47 Å². The maximum Gasteiger partial charge on any atom is 0.273 e. The van der Waals surface area contributed by atoms with Crippen LogP contribution in [0.2, 0.25) is 0 Å². The lowest BCUT2D eigenvalue weighted by molar-refractivity contribution is -0.385. The van der Waals surface area contributed by atoms with Gasteiger partial charge in [0.1, 0.15) is 0 Å². The predicted octanol–water partition coefficient (Wildman–Crippen LogP) is 21.9. The predicted molar refractivity (Wildman–Crippen MR) is 345 cm³/mol. The molecule has 0 saturated heterocycles. The second-order valence-electron chi connectivity index (χ2n) is 31.9. The lowest BCUT2D eigenvalue weighted by atomic mass is 9.47. The first-order chi connectivity index (χ1) is 39.9. The molecule has 9 rings (SSSR count). The van der Waals surface area contributed by atoms with Crippen molar-refractivity contribution in [3.63, 3.8) is 0 Å². The summed E-state index contributed by atoms with van der Waals surface area (Å²) in [6.45, 7) is 28.4. The summed E-state index contributed by atoms with van der Waals surface area (Å²) >= 11 is 0. The molecule has 0 amide bonds. The molecule has 6 saturated carbocycles. The highest BCUT2D eigenvalue weighted by Crippen LogP contribution is 2.69. The van der Waals surface area contributed by atoms with Gasteiger partial charge in [0.2, 0.25) is 0 Å². The number of allylic oxidation sites excluding steroid dienone is 2. The molecule has 0 unspecified atom stereocenters. The van der Waals surface area contributed by atoms with E-state index in [-0.39, 0.29) is 10.6 Å². The van der Waals surface area contributed by atoms with Gasteiger partial charge >= 0.3 is 0 Å². The van der Waals surface area contributed by atoms with Crippen LogP contribution in [0.5, 0.6) is 11.5 Å². The minimum Gasteiger partial charge on any atom is -0.490 e. The van der Waals surface area contributed by atoms with Crippen LogP contribution in [0.3, 0.4) is 0 Å². The van der Waals surface area contributed by atoms with E-state index in [0.29, 0.717) is 58.6 Å². The van der Waals surface area contributed by atoms with Crippen LogP contribution < -0.4 is 9.47 Å². The van der Waals surface area contributed by atoms with Gasteiger partial charge in [-0.3, -0.25) is 10.1 Å². The smallest absolute Gasteiger partial charge is 0.273 e. The third-order valence-corrected chi connectivity index (χ3v) is 26.0. The zero-order chi connectivity index (χ0) is 58.8. The van der Waals surface area contributed by atoms with Crippen LogP contribution in [0.1, 0.15) is 288 Å². The summed E-state index contributed by atoms with van der Waals surface area (Å²) in [5.74, 6) is 11.8. The fraction of sp³-hybridized carbons (Fsp3) is 0.868. The summed E-state index contributed by atoms with van der Waals surface area (Å²) in [6.07, 6.45) is 50.0. The average molecular weight is 1150 g/mol. The summed E-state index contributed by atoms with van der Waals surface area (Å²) in [6, 6.07) is 4.79. The maximum atomic E-state index is 11.7. The molecule has 0 radical (unpaired) electrons. The van der Waals surface area contributed by atoms with Crippen LogP contribution in [0, 0.1) is 103 Å². The molecule has 83 heavy (non-hydrogen) atoms. The Kier molecular flexibility index (Phi) is 23.3. The van der Waals surface area contributed by atoms with Gasteiger partial charge in [-0.25, -0.2) is 0 Å². The Morgan fingerprint density at radius 3 is 1.34 bits per heavy atom. The molecule has 7 heteroatoms. The van der Waals surface area contributed by atoms with Crippen LogP contribution in [0.4, 0.5) is 5.69 Å². The molecular weight excluding hydrogens is 1020 g/mol. The first-order valence-electron chi connectivity index (χ1n) is 36.1. The number of unbranched alkanes of at least 4 members (excludes halogenated alkanes) is 10. The van der Waals surface area contributed by atoms with Crippen LogP contribution >= 0.6 is 0 Å². The highest BCUT2D eigenvalue weighted by Gasteiger charge is 2.61. The quantitative estimate of drug-likeness (QED) is 0.0302. The number of hydrogen-bond acceptors (Lipinski definition) is 6. The second-order valence-corrected chi connectivity index (χ2v) is 31.9. The molecule has 1 aromatic rings. The zero-order valence-electron chi connectivity index (χ0n) is 55.2. The van der Waals surface area contributed by atoms with Gasteiger partial charge in [-0.05, 0) is 227 Å². The largest absolute Gasteiger partial charge is 0.490 e. The van der Waals surface area contributed by atoms with E-state index in [1.165, 1.54) is 179 Å². The second kappa shape index (κ2) is 29.7. The molecule has 1 aromatic carbocycles. The number of nitro groups is 1. The number of benzene rings is 1. The molecule has 6 fully saturated rings. The Morgan fingerprint density at radius 1 is 0.482 bits per heavy atom. The molecule has 0 heterocycles. The molecule has 0 aromatic heterocycles. The Morgan fingerprint density at radius 2 is 0.904 bits per heavy atom. The molecule has 0 bridgehead atoms. The lowest BCUT2D eigenvalue weighted by Crippen LogP contribution is -2.51. The van der Waals surface area contributed by atoms with E-state index in [1.807, 2.05) is 0 Å². The van der Waals surface area contributed by atoms with E-state index < -0.39 is 0 Å². The van der Waals surface area contributed by atoms with Gasteiger partial charge in [-0.15, -0.1) is 0 Å². The highest BCUT2D eigenvalue weighted by molar-refractivity contribution is 5.48. The van der Waals surface area contributed by atoms with Gasteiger partial charge in [-0.1, -0.05) is 182 Å². The fourth-order valence-electron chi connectivity index (χ4n) is 21.1. The molecule has 7 nitrogen and oxygen atoms in total. The molecule has 0 N–H and O–H groups in total. The molecule has 16 atom stereocenters. The molecule has 8 aliphatic rings. The SMILES string of the molecule is CC(C)CCC[C@@H](C)[C@H]1CC[C@H]2[C@@H]3CC=C4C[C@@H](OCCCCCCCCOc5ccc([N+](=O)[O-])cc5OCCCCCCCCO[C@H]5CC[C@@]6(C)C(=CC[C@H]7[C@@H]8CC[C@H]([C@H](C)CCCC(C)C)[C@@]8(C)CC[C@@H]76)C5)CC[C@]4(C)[C@H]3CC[C@]12C. The van der Waals surface area contributed by atoms with Gasteiger partial charge in [0.15, 0.2) is 11.5 Å². The summed E-state index contributed by atoms with van der Waals surface area (Å²) < 4.78 is 25.6. The molecule has 470 valence electrons. The minimum atomic E-state index is -0.346. The first kappa shape index (κ1) is 65.1. The summed E-state index contributed by atoms with van der Waals surface area (Å²) in [5, 5.41) is 11.7. The number of rotatable bonds is 33.